The summed E-state index contributed by atoms with van der Waals surface area (Å²) in [6.07, 6.45) is 1.35. The number of aromatic nitrogens is 3. The number of fused-ring (bicyclic) bond motifs is 1. The summed E-state index contributed by atoms with van der Waals surface area (Å²) in [6.45, 7) is 0.0395. The Morgan fingerprint density at radius 3 is 2.79 bits per heavy atom. The smallest absolute Gasteiger partial charge is 0.226 e. The molecule has 7 nitrogen and oxygen atoms in total. The maximum atomic E-state index is 12.7. The molecule has 0 fully saturated rings. The molecule has 2 aromatic heterocycles. The monoisotopic (exact) mass is 396 g/mol. The topological polar surface area (TPSA) is 97.1 Å². The molecule has 2 N–H and O–H groups in total. The van der Waals surface area contributed by atoms with Crippen LogP contribution in [0.15, 0.2) is 41.3 Å². The van der Waals surface area contributed by atoms with Crippen LogP contribution in [0.5, 0.6) is 0 Å². The van der Waals surface area contributed by atoms with Crippen LogP contribution in [0.25, 0.3) is 11.0 Å². The number of nitrogens with one attached hydrogen (secondary N) is 1. The number of amides is 1. The number of hydrogen-bond acceptors (Lipinski definition) is 5. The second-order valence-electron chi connectivity index (χ2n) is 6.03. The van der Waals surface area contributed by atoms with Crippen LogP contribution < -0.4 is 10.7 Å². The fourth-order valence-electron chi connectivity index (χ4n) is 2.65. The number of carbonyl (C=O) groups excluding carboxylic acids is 1. The van der Waals surface area contributed by atoms with E-state index in [0.29, 0.717) is 28.2 Å². The minimum absolute atomic E-state index is 0.123. The van der Waals surface area contributed by atoms with E-state index in [0.717, 1.165) is 5.56 Å². The van der Waals surface area contributed by atoms with E-state index in [1.54, 1.807) is 25.2 Å². The number of nitrogens with zero attached hydrogens (tertiary/aromatic N) is 3. The molecular weight excluding hydrogens is 380 g/mol. The van der Waals surface area contributed by atoms with Crippen molar-refractivity contribution >= 4 is 28.5 Å². The number of carbonyl (C=O) groups is 1. The number of benzene rings is 1. The molecule has 1 aromatic carbocycles. The van der Waals surface area contributed by atoms with E-state index >= 15 is 0 Å². The van der Waals surface area contributed by atoms with Crippen LogP contribution in [0, 0.1) is 11.8 Å². The minimum atomic E-state index is -0.366. The molecule has 0 bridgehead atoms. The van der Waals surface area contributed by atoms with Gasteiger partial charge >= 0.3 is 0 Å². The van der Waals surface area contributed by atoms with Crippen LogP contribution in [0.1, 0.15) is 16.8 Å². The Hall–Kier alpha value is -3.21. The van der Waals surface area contributed by atoms with Crippen molar-refractivity contribution in [2.75, 3.05) is 6.61 Å². The first-order valence-electron chi connectivity index (χ1n) is 8.44. The highest BCUT2D eigenvalue weighted by Crippen LogP contribution is 2.10. The number of halogens is 1. The Morgan fingerprint density at radius 2 is 2.07 bits per heavy atom. The molecule has 0 radical (unpaired) electrons. The Bertz CT molecular complexity index is 1140. The summed E-state index contributed by atoms with van der Waals surface area (Å²) in [5.74, 6) is 4.91. The SMILES string of the molecule is Cn1nc(CC(=O)NCc2ccc(Cl)cc2)c(=O)c2cc(C#CCO)cnc21. The molecule has 0 saturated heterocycles. The summed E-state index contributed by atoms with van der Waals surface area (Å²) in [7, 11) is 1.66. The van der Waals surface area contributed by atoms with Gasteiger partial charge in [0.15, 0.2) is 5.65 Å². The Balaban J connectivity index is 1.81. The Morgan fingerprint density at radius 1 is 1.32 bits per heavy atom. The molecule has 0 aliphatic carbocycles. The van der Waals surface area contributed by atoms with Crippen LogP contribution >= 0.6 is 11.6 Å². The average Bonchev–Trinajstić information content (AvgIpc) is 2.69. The predicted octanol–water partition coefficient (Wildman–Crippen LogP) is 1.18. The highest BCUT2D eigenvalue weighted by atomic mass is 35.5. The molecule has 0 unspecified atom stereocenters. The van der Waals surface area contributed by atoms with E-state index < -0.39 is 0 Å². The molecule has 0 spiro atoms. The van der Waals surface area contributed by atoms with Crippen molar-refractivity contribution in [3.05, 3.63) is 68.6 Å². The summed E-state index contributed by atoms with van der Waals surface area (Å²) in [5.41, 5.74) is 1.55. The molecule has 2 heterocycles. The van der Waals surface area contributed by atoms with Crippen molar-refractivity contribution in [2.45, 2.75) is 13.0 Å². The second kappa shape index (κ2) is 8.65. The molecule has 0 saturated carbocycles. The highest BCUT2D eigenvalue weighted by molar-refractivity contribution is 6.30. The van der Waals surface area contributed by atoms with Gasteiger partial charge in [0.1, 0.15) is 12.3 Å². The van der Waals surface area contributed by atoms with Crippen molar-refractivity contribution in [3.63, 3.8) is 0 Å². The Kier molecular flexibility index (Phi) is 6.04. The summed E-state index contributed by atoms with van der Waals surface area (Å²) in [4.78, 5) is 29.2. The van der Waals surface area contributed by atoms with Gasteiger partial charge in [-0.25, -0.2) is 9.67 Å². The third-order valence-corrected chi connectivity index (χ3v) is 4.25. The lowest BCUT2D eigenvalue weighted by Gasteiger charge is -2.08. The molecule has 142 valence electrons. The molecular formula is C20H17ClN4O3. The van der Waals surface area contributed by atoms with E-state index in [4.69, 9.17) is 16.7 Å². The molecule has 8 heteroatoms. The van der Waals surface area contributed by atoms with E-state index in [1.165, 1.54) is 10.9 Å². The lowest BCUT2D eigenvalue weighted by Crippen LogP contribution is -2.29. The van der Waals surface area contributed by atoms with Gasteiger partial charge in [-0.15, -0.1) is 0 Å². The fraction of sp³-hybridized carbons (Fsp3) is 0.200. The fourth-order valence-corrected chi connectivity index (χ4v) is 2.78. The molecule has 28 heavy (non-hydrogen) atoms. The minimum Gasteiger partial charge on any atom is -0.384 e. The van der Waals surface area contributed by atoms with Crippen molar-refractivity contribution in [3.8, 4) is 11.8 Å². The molecule has 0 atom stereocenters. The van der Waals surface area contributed by atoms with Crippen LogP contribution in [0.2, 0.25) is 5.02 Å². The van der Waals surface area contributed by atoms with E-state index in [9.17, 15) is 9.59 Å². The second-order valence-corrected chi connectivity index (χ2v) is 6.47. The first-order valence-corrected chi connectivity index (χ1v) is 8.82. The zero-order valence-electron chi connectivity index (χ0n) is 15.1. The maximum Gasteiger partial charge on any atom is 0.226 e. The van der Waals surface area contributed by atoms with E-state index in [-0.39, 0.29) is 30.1 Å². The van der Waals surface area contributed by atoms with Gasteiger partial charge in [0, 0.05) is 30.4 Å². The first-order chi connectivity index (χ1) is 13.5. The summed E-state index contributed by atoms with van der Waals surface area (Å²) < 4.78 is 1.46. The number of aryl methyl sites for hydroxylation is 1. The summed E-state index contributed by atoms with van der Waals surface area (Å²) in [6, 6.07) is 8.71. The Labute approximate surface area is 166 Å². The first kappa shape index (κ1) is 19.5. The number of pyridine rings is 1. The molecule has 0 aliphatic rings. The predicted molar refractivity (Wildman–Crippen MR) is 106 cm³/mol. The van der Waals surface area contributed by atoms with Gasteiger partial charge in [0.2, 0.25) is 11.3 Å². The van der Waals surface area contributed by atoms with Crippen LogP contribution in [0.4, 0.5) is 0 Å². The zero-order valence-corrected chi connectivity index (χ0v) is 15.8. The number of hydrogen-bond donors (Lipinski definition) is 2. The van der Waals surface area contributed by atoms with E-state index in [1.807, 2.05) is 12.1 Å². The highest BCUT2D eigenvalue weighted by Gasteiger charge is 2.14. The summed E-state index contributed by atoms with van der Waals surface area (Å²) in [5, 5.41) is 16.7. The van der Waals surface area contributed by atoms with Gasteiger partial charge in [-0.05, 0) is 23.8 Å². The van der Waals surface area contributed by atoms with Gasteiger partial charge in [-0.2, -0.15) is 5.10 Å². The number of rotatable bonds is 4. The molecule has 0 aliphatic heterocycles. The van der Waals surface area contributed by atoms with Crippen LogP contribution in [-0.4, -0.2) is 32.4 Å². The lowest BCUT2D eigenvalue weighted by molar-refractivity contribution is -0.120. The molecule has 3 rings (SSSR count). The van der Waals surface area contributed by atoms with Gasteiger partial charge in [-0.3, -0.25) is 9.59 Å². The quantitative estimate of drug-likeness (QED) is 0.645. The largest absolute Gasteiger partial charge is 0.384 e. The van der Waals surface area contributed by atoms with Gasteiger partial charge in [0.05, 0.1) is 11.8 Å². The van der Waals surface area contributed by atoms with Crippen molar-refractivity contribution in [2.24, 2.45) is 7.05 Å². The average molecular weight is 397 g/mol. The lowest BCUT2D eigenvalue weighted by atomic mass is 10.1. The standard InChI is InChI=1S/C20H17ClN4O3/c1-25-20-16(9-14(12-23-20)3-2-8-26)19(28)17(24-25)10-18(27)22-11-13-4-6-15(21)7-5-13/h4-7,9,12,26H,8,10-11H2,1H3,(H,22,27). The van der Waals surface area contributed by atoms with Crippen molar-refractivity contribution in [1.82, 2.24) is 20.1 Å². The molecule has 3 aromatic rings. The third-order valence-electron chi connectivity index (χ3n) is 3.99. The van der Waals surface area contributed by atoms with Crippen LogP contribution in [-0.2, 0) is 24.8 Å². The maximum absolute atomic E-state index is 12.7. The molecule has 1 amide bonds. The normalized spacial score (nSPS) is 10.4. The van der Waals surface area contributed by atoms with E-state index in [2.05, 4.69) is 27.2 Å². The summed E-state index contributed by atoms with van der Waals surface area (Å²) >= 11 is 5.84. The zero-order chi connectivity index (χ0) is 20.1. The van der Waals surface area contributed by atoms with Gasteiger partial charge in [-0.1, -0.05) is 35.6 Å². The van der Waals surface area contributed by atoms with Crippen LogP contribution in [0.3, 0.4) is 0 Å². The third kappa shape index (κ3) is 4.55. The van der Waals surface area contributed by atoms with Crippen molar-refractivity contribution in [1.29, 1.82) is 0 Å². The van der Waals surface area contributed by atoms with Crippen molar-refractivity contribution < 1.29 is 9.90 Å². The number of aliphatic hydroxyl groups excluding tert-OH is 1. The number of aliphatic hydroxyl groups is 1. The van der Waals surface area contributed by atoms with Gasteiger partial charge in [0.25, 0.3) is 0 Å². The van der Waals surface area contributed by atoms with Gasteiger partial charge < -0.3 is 10.4 Å².